The van der Waals surface area contributed by atoms with Gasteiger partial charge in [-0.2, -0.15) is 0 Å². The van der Waals surface area contributed by atoms with Gasteiger partial charge in [0.05, 0.1) is 86.0 Å². The van der Waals surface area contributed by atoms with Crippen molar-refractivity contribution in [3.05, 3.63) is 71.8 Å². The van der Waals surface area contributed by atoms with E-state index in [4.69, 9.17) is 47.4 Å². The summed E-state index contributed by atoms with van der Waals surface area (Å²) in [6.07, 6.45) is 0.833. The molecular weight excluding hydrogens is 708 g/mol. The normalized spacial score (nSPS) is 45.3. The fourth-order valence-electron chi connectivity index (χ4n) is 10.1. The standard InChI is InChI=1S/C43H60O12/c1-39(18-19-48-25-28-12-8-6-9-13-28)37(49-26-29-14-10-7-11-15-29)21-33-35(52-39)24-43(47-5)42(46-4,54-33)23-34-32(53-43)20-31-30(50-34)16-17-40(2)38(51-31)22-36(45)41(3,27-44)55-40/h6-15,30-38,44-45H,16-27H2,1-5H3/t30-,31+,32-,33+,34+,35-,36+,37-,38-,39+,40+,41-,42-,43+/m0/s1. The summed E-state index contributed by atoms with van der Waals surface area (Å²) < 4.78 is 66.8. The van der Waals surface area contributed by atoms with Gasteiger partial charge >= 0.3 is 0 Å². The molecule has 6 aliphatic heterocycles. The van der Waals surface area contributed by atoms with Gasteiger partial charge in [0.25, 0.3) is 0 Å². The quantitative estimate of drug-likeness (QED) is 0.299. The average Bonchev–Trinajstić information content (AvgIpc) is 3.32. The molecule has 304 valence electrons. The third kappa shape index (κ3) is 7.45. The maximum absolute atomic E-state index is 11.0. The van der Waals surface area contributed by atoms with E-state index in [0.29, 0.717) is 71.2 Å². The van der Waals surface area contributed by atoms with Gasteiger partial charge in [-0.1, -0.05) is 60.7 Å². The maximum atomic E-state index is 11.0. The van der Waals surface area contributed by atoms with Crippen LogP contribution in [-0.4, -0.2) is 121 Å². The molecule has 0 amide bonds. The van der Waals surface area contributed by atoms with E-state index in [1.165, 1.54) is 0 Å². The molecule has 2 aromatic carbocycles. The lowest BCUT2D eigenvalue weighted by molar-refractivity contribution is -0.490. The number of hydrogen-bond acceptors (Lipinski definition) is 12. The summed E-state index contributed by atoms with van der Waals surface area (Å²) in [5, 5.41) is 21.1. The molecule has 2 N–H and O–H groups in total. The molecule has 55 heavy (non-hydrogen) atoms. The topological polar surface area (TPSA) is 133 Å². The van der Waals surface area contributed by atoms with Crippen LogP contribution < -0.4 is 0 Å². The molecule has 6 fully saturated rings. The van der Waals surface area contributed by atoms with Gasteiger partial charge in [-0.3, -0.25) is 0 Å². The summed E-state index contributed by atoms with van der Waals surface area (Å²) in [5.74, 6) is -2.55. The van der Waals surface area contributed by atoms with Gasteiger partial charge in [0, 0.05) is 59.4 Å². The Morgan fingerprint density at radius 2 is 1.33 bits per heavy atom. The van der Waals surface area contributed by atoms with Crippen LogP contribution >= 0.6 is 0 Å². The Bertz CT molecular complexity index is 1580. The molecule has 0 unspecified atom stereocenters. The van der Waals surface area contributed by atoms with E-state index in [1.54, 1.807) is 21.1 Å². The molecule has 8 rings (SSSR count). The molecule has 0 aliphatic carbocycles. The Morgan fingerprint density at radius 3 is 1.98 bits per heavy atom. The number of ether oxygens (including phenoxy) is 10. The van der Waals surface area contributed by atoms with Crippen molar-refractivity contribution in [1.29, 1.82) is 0 Å². The van der Waals surface area contributed by atoms with E-state index >= 15 is 0 Å². The van der Waals surface area contributed by atoms with E-state index in [0.717, 1.165) is 11.1 Å². The fraction of sp³-hybridized carbons (Fsp3) is 0.721. The number of aliphatic hydroxyl groups excluding tert-OH is 2. The Labute approximate surface area is 324 Å². The van der Waals surface area contributed by atoms with Crippen LogP contribution in [0.1, 0.15) is 83.3 Å². The van der Waals surface area contributed by atoms with Crippen LogP contribution in [0.15, 0.2) is 60.7 Å². The second kappa shape index (κ2) is 15.6. The molecule has 0 spiro atoms. The minimum absolute atomic E-state index is 0.215. The Hall–Kier alpha value is -2.04. The molecule has 12 nitrogen and oxygen atoms in total. The van der Waals surface area contributed by atoms with Gasteiger partial charge in [0.15, 0.2) is 0 Å². The maximum Gasteiger partial charge on any atom is 0.226 e. The van der Waals surface area contributed by atoms with Gasteiger partial charge < -0.3 is 57.6 Å². The first-order chi connectivity index (χ1) is 26.4. The van der Waals surface area contributed by atoms with Gasteiger partial charge in [0.2, 0.25) is 11.6 Å². The minimum Gasteiger partial charge on any atom is -0.393 e. The number of hydrogen-bond donors (Lipinski definition) is 2. The van der Waals surface area contributed by atoms with Crippen molar-refractivity contribution in [1.82, 2.24) is 0 Å². The highest BCUT2D eigenvalue weighted by atomic mass is 16.8. The molecule has 0 radical (unpaired) electrons. The Morgan fingerprint density at radius 1 is 0.691 bits per heavy atom. The predicted octanol–water partition coefficient (Wildman–Crippen LogP) is 4.99. The van der Waals surface area contributed by atoms with Crippen molar-refractivity contribution in [2.75, 3.05) is 27.4 Å². The Balaban J connectivity index is 1.00. The van der Waals surface area contributed by atoms with Gasteiger partial charge in [-0.15, -0.1) is 0 Å². The van der Waals surface area contributed by atoms with Crippen LogP contribution in [0.2, 0.25) is 0 Å². The number of aliphatic hydroxyl groups is 2. The molecule has 14 atom stereocenters. The molecule has 12 heteroatoms. The lowest BCUT2D eigenvalue weighted by Crippen LogP contribution is -2.76. The summed E-state index contributed by atoms with van der Waals surface area (Å²) in [5.41, 5.74) is -0.218. The van der Waals surface area contributed by atoms with Gasteiger partial charge in [0.1, 0.15) is 5.60 Å². The monoisotopic (exact) mass is 768 g/mol. The molecule has 6 aliphatic rings. The fourth-order valence-corrected chi connectivity index (χ4v) is 10.1. The lowest BCUT2D eigenvalue weighted by atomic mass is 9.77. The minimum atomic E-state index is -1.28. The molecule has 0 bridgehead atoms. The largest absolute Gasteiger partial charge is 0.393 e. The first-order valence-corrected chi connectivity index (χ1v) is 20.2. The summed E-state index contributed by atoms with van der Waals surface area (Å²) in [6, 6.07) is 20.3. The van der Waals surface area contributed by atoms with Crippen molar-refractivity contribution < 1.29 is 57.6 Å². The van der Waals surface area contributed by atoms with Crippen molar-refractivity contribution >= 4 is 0 Å². The molecular formula is C43H60O12. The van der Waals surface area contributed by atoms with Crippen molar-refractivity contribution in [3.8, 4) is 0 Å². The smallest absolute Gasteiger partial charge is 0.226 e. The lowest BCUT2D eigenvalue weighted by Gasteiger charge is -2.62. The third-order valence-electron chi connectivity index (χ3n) is 13.5. The second-order valence-electron chi connectivity index (χ2n) is 17.2. The van der Waals surface area contributed by atoms with Crippen LogP contribution in [0, 0.1) is 0 Å². The molecule has 0 aromatic heterocycles. The first kappa shape index (κ1) is 39.8. The summed E-state index contributed by atoms with van der Waals surface area (Å²) >= 11 is 0. The van der Waals surface area contributed by atoms with E-state index in [-0.39, 0.29) is 55.4 Å². The molecule has 6 heterocycles. The van der Waals surface area contributed by atoms with E-state index in [2.05, 4.69) is 31.2 Å². The molecule has 6 saturated heterocycles. The summed E-state index contributed by atoms with van der Waals surface area (Å²) in [7, 11) is 3.29. The summed E-state index contributed by atoms with van der Waals surface area (Å²) in [4.78, 5) is 0. The van der Waals surface area contributed by atoms with E-state index < -0.39 is 34.5 Å². The van der Waals surface area contributed by atoms with Crippen LogP contribution in [0.4, 0.5) is 0 Å². The van der Waals surface area contributed by atoms with E-state index in [1.807, 2.05) is 43.3 Å². The SMILES string of the molecule is CO[C@]12C[C@H]3O[C@H]4CC[C@@]5(C)O[C@@](C)(CO)[C@H](O)C[C@@H]5O[C@@H]4C[C@@H]3O[C@]1(OC)C[C@@H]1O[C@](C)(CCOCc3ccccc3)[C@@H](OCc3ccccc3)C[C@H]1O2. The predicted molar refractivity (Wildman–Crippen MR) is 199 cm³/mol. The Kier molecular flexibility index (Phi) is 11.3. The molecule has 0 saturated carbocycles. The zero-order chi connectivity index (χ0) is 38.5. The highest BCUT2D eigenvalue weighted by Crippen LogP contribution is 2.55. The zero-order valence-corrected chi connectivity index (χ0v) is 32.9. The van der Waals surface area contributed by atoms with Gasteiger partial charge in [-0.05, 0) is 44.7 Å². The van der Waals surface area contributed by atoms with Crippen molar-refractivity contribution in [2.45, 2.75) is 169 Å². The van der Waals surface area contributed by atoms with Crippen molar-refractivity contribution in [2.24, 2.45) is 0 Å². The second-order valence-corrected chi connectivity index (χ2v) is 17.2. The third-order valence-corrected chi connectivity index (χ3v) is 13.5. The average molecular weight is 769 g/mol. The van der Waals surface area contributed by atoms with Crippen LogP contribution in [0.3, 0.4) is 0 Å². The highest BCUT2D eigenvalue weighted by Gasteiger charge is 2.70. The molecule has 2 aromatic rings. The number of methoxy groups -OCH3 is 2. The van der Waals surface area contributed by atoms with Crippen molar-refractivity contribution in [3.63, 3.8) is 0 Å². The highest BCUT2D eigenvalue weighted by molar-refractivity contribution is 5.15. The first-order valence-electron chi connectivity index (χ1n) is 20.2. The van der Waals surface area contributed by atoms with Gasteiger partial charge in [-0.25, -0.2) is 0 Å². The number of benzene rings is 2. The van der Waals surface area contributed by atoms with Crippen LogP contribution in [0.5, 0.6) is 0 Å². The number of fused-ring (bicyclic) bond motifs is 5. The zero-order valence-electron chi connectivity index (χ0n) is 32.9. The summed E-state index contributed by atoms with van der Waals surface area (Å²) in [6.45, 7) is 7.07. The van der Waals surface area contributed by atoms with E-state index in [9.17, 15) is 10.2 Å². The van der Waals surface area contributed by atoms with Crippen LogP contribution in [0.25, 0.3) is 0 Å². The van der Waals surface area contributed by atoms with Crippen LogP contribution in [-0.2, 0) is 60.6 Å². The number of rotatable bonds is 11.